The van der Waals surface area contributed by atoms with Gasteiger partial charge in [-0.3, -0.25) is 4.79 Å². The third-order valence-corrected chi connectivity index (χ3v) is 8.86. The van der Waals surface area contributed by atoms with Crippen molar-refractivity contribution in [3.8, 4) is 28.3 Å². The summed E-state index contributed by atoms with van der Waals surface area (Å²) < 4.78 is 13.1. The maximum absolute atomic E-state index is 13.0. The van der Waals surface area contributed by atoms with Crippen LogP contribution >= 0.6 is 23.1 Å². The second-order valence-corrected chi connectivity index (χ2v) is 11.7. The van der Waals surface area contributed by atoms with Crippen molar-refractivity contribution >= 4 is 40.0 Å². The molecule has 0 radical (unpaired) electrons. The number of anilines is 1. The van der Waals surface area contributed by atoms with E-state index in [1.165, 1.54) is 43.1 Å². The maximum Gasteiger partial charge on any atom is 0.341 e. The van der Waals surface area contributed by atoms with E-state index < -0.39 is 5.97 Å². The van der Waals surface area contributed by atoms with Gasteiger partial charge in [0.15, 0.2) is 11.0 Å². The van der Waals surface area contributed by atoms with Gasteiger partial charge in [0.2, 0.25) is 5.91 Å². The number of benzene rings is 2. The van der Waals surface area contributed by atoms with Crippen molar-refractivity contribution in [2.75, 3.05) is 18.2 Å². The van der Waals surface area contributed by atoms with Gasteiger partial charge in [0.25, 0.3) is 0 Å². The van der Waals surface area contributed by atoms with Crippen LogP contribution in [0.1, 0.15) is 47.8 Å². The fourth-order valence-corrected chi connectivity index (χ4v) is 6.83. The Morgan fingerprint density at radius 2 is 1.77 bits per heavy atom. The first-order valence-corrected chi connectivity index (χ1v) is 15.2. The normalized spacial score (nSPS) is 13.4. The molecule has 208 valence electrons. The van der Waals surface area contributed by atoms with E-state index in [1.54, 1.807) is 0 Å². The number of rotatable bonds is 10. The van der Waals surface area contributed by atoms with Crippen LogP contribution < -0.4 is 10.1 Å². The summed E-state index contributed by atoms with van der Waals surface area (Å²) in [4.78, 5) is 26.7. The van der Waals surface area contributed by atoms with Crippen LogP contribution in [0.5, 0.6) is 5.75 Å². The quantitative estimate of drug-likeness (QED) is 0.163. The molecule has 0 aliphatic heterocycles. The van der Waals surface area contributed by atoms with E-state index >= 15 is 0 Å². The van der Waals surface area contributed by atoms with E-state index in [9.17, 15) is 9.59 Å². The number of nitrogens with zero attached hydrogens (tertiary/aromatic N) is 3. The number of hydrogen-bond donors (Lipinski definition) is 1. The van der Waals surface area contributed by atoms with Crippen LogP contribution in [0.3, 0.4) is 0 Å². The van der Waals surface area contributed by atoms with E-state index in [2.05, 4.69) is 15.5 Å². The van der Waals surface area contributed by atoms with Crippen LogP contribution in [0.4, 0.5) is 5.00 Å². The summed E-state index contributed by atoms with van der Waals surface area (Å²) in [7, 11) is 1.34. The number of aromatic nitrogens is 3. The summed E-state index contributed by atoms with van der Waals surface area (Å²) in [5, 5.41) is 12.8. The monoisotopic (exact) mass is 576 g/mol. The number of carbonyl (C=O) groups is 2. The van der Waals surface area contributed by atoms with Gasteiger partial charge in [0.05, 0.1) is 19.0 Å². The van der Waals surface area contributed by atoms with Crippen molar-refractivity contribution in [1.82, 2.24) is 14.8 Å². The lowest BCUT2D eigenvalue weighted by molar-refractivity contribution is -0.113. The second-order valence-electron chi connectivity index (χ2n) is 9.53. The van der Waals surface area contributed by atoms with Gasteiger partial charge < -0.3 is 19.4 Å². The molecule has 0 bridgehead atoms. The molecule has 4 aromatic rings. The van der Waals surface area contributed by atoms with Gasteiger partial charge in [-0.2, -0.15) is 0 Å². The Balaban J connectivity index is 1.28. The van der Waals surface area contributed by atoms with Crippen LogP contribution in [0.2, 0.25) is 0 Å². The van der Waals surface area contributed by atoms with Gasteiger partial charge in [-0.05, 0) is 69.4 Å². The molecule has 8 nitrogen and oxygen atoms in total. The zero-order valence-corrected chi connectivity index (χ0v) is 24.4. The number of methoxy groups -OCH3 is 1. The third kappa shape index (κ3) is 6.08. The van der Waals surface area contributed by atoms with E-state index in [1.807, 2.05) is 73.0 Å². The fourth-order valence-electron chi connectivity index (χ4n) is 4.95. The van der Waals surface area contributed by atoms with Crippen molar-refractivity contribution in [3.63, 3.8) is 0 Å². The largest absolute Gasteiger partial charge is 0.490 e. The molecule has 1 amide bonds. The lowest BCUT2D eigenvalue weighted by Gasteiger charge is -2.13. The van der Waals surface area contributed by atoms with Gasteiger partial charge in [-0.25, -0.2) is 4.79 Å². The molecular formula is C30H32N4O4S2. The smallest absolute Gasteiger partial charge is 0.341 e. The first-order valence-electron chi connectivity index (χ1n) is 13.4. The molecule has 2 aromatic carbocycles. The van der Waals surface area contributed by atoms with Crippen molar-refractivity contribution in [2.24, 2.45) is 0 Å². The molecule has 2 aromatic heterocycles. The standard InChI is InChI=1S/C30H32N4O4S2/c1-4-34-27(21-14-16-23(17-15-21)38-22-12-8-9-13-22)32-33-30(34)39-18-24(35)31-28-26(29(36)37-3)25(19(2)40-28)20-10-6-5-7-11-20/h5-7,10-11,14-17,22H,4,8-9,12-13,18H2,1-3H3,(H,31,35). The van der Waals surface area contributed by atoms with Crippen molar-refractivity contribution in [2.45, 2.75) is 57.3 Å². The Hall–Kier alpha value is -3.63. The van der Waals surface area contributed by atoms with Gasteiger partial charge >= 0.3 is 5.97 Å². The number of thioether (sulfide) groups is 1. The molecule has 1 fully saturated rings. The first-order chi connectivity index (χ1) is 19.5. The van der Waals surface area contributed by atoms with Crippen molar-refractivity contribution in [1.29, 1.82) is 0 Å². The zero-order chi connectivity index (χ0) is 28.1. The van der Waals surface area contributed by atoms with Crippen LogP contribution in [0.15, 0.2) is 59.8 Å². The lowest BCUT2D eigenvalue weighted by atomic mass is 10.0. The number of esters is 1. The summed E-state index contributed by atoms with van der Waals surface area (Å²) >= 11 is 2.67. The van der Waals surface area contributed by atoms with Crippen LogP contribution in [-0.2, 0) is 16.1 Å². The lowest BCUT2D eigenvalue weighted by Crippen LogP contribution is -2.16. The molecule has 40 heavy (non-hydrogen) atoms. The Kier molecular flexibility index (Phi) is 8.86. The molecule has 1 aliphatic carbocycles. The van der Waals surface area contributed by atoms with Crippen LogP contribution in [0, 0.1) is 6.92 Å². The minimum absolute atomic E-state index is 0.116. The molecule has 0 saturated heterocycles. The zero-order valence-electron chi connectivity index (χ0n) is 22.8. The highest BCUT2D eigenvalue weighted by molar-refractivity contribution is 7.99. The van der Waals surface area contributed by atoms with Crippen molar-refractivity contribution < 1.29 is 19.1 Å². The van der Waals surface area contributed by atoms with Crippen LogP contribution in [0.25, 0.3) is 22.5 Å². The number of thiophene rings is 1. The van der Waals surface area contributed by atoms with E-state index in [-0.39, 0.29) is 11.7 Å². The van der Waals surface area contributed by atoms with Gasteiger partial charge in [0.1, 0.15) is 16.3 Å². The maximum atomic E-state index is 13.0. The van der Waals surface area contributed by atoms with E-state index in [0.29, 0.717) is 28.4 Å². The molecule has 0 spiro atoms. The molecule has 0 atom stereocenters. The van der Waals surface area contributed by atoms with Gasteiger partial charge in [-0.15, -0.1) is 21.5 Å². The highest BCUT2D eigenvalue weighted by Crippen LogP contribution is 2.40. The predicted molar refractivity (Wildman–Crippen MR) is 159 cm³/mol. The van der Waals surface area contributed by atoms with Gasteiger partial charge in [0, 0.05) is 22.5 Å². The minimum Gasteiger partial charge on any atom is -0.490 e. The molecule has 10 heteroatoms. The van der Waals surface area contributed by atoms with Gasteiger partial charge in [-0.1, -0.05) is 42.1 Å². The molecule has 1 saturated carbocycles. The number of hydrogen-bond acceptors (Lipinski definition) is 8. The predicted octanol–water partition coefficient (Wildman–Crippen LogP) is 6.84. The molecule has 1 aliphatic rings. The topological polar surface area (TPSA) is 95.3 Å². The van der Waals surface area contributed by atoms with E-state index in [4.69, 9.17) is 9.47 Å². The summed E-state index contributed by atoms with van der Waals surface area (Å²) in [6, 6.07) is 17.6. The summed E-state index contributed by atoms with van der Waals surface area (Å²) in [5.74, 6) is 1.00. The Bertz CT molecular complexity index is 1480. The summed E-state index contributed by atoms with van der Waals surface area (Å²) in [6.45, 7) is 4.61. The molecule has 2 heterocycles. The number of amides is 1. The molecule has 5 rings (SSSR count). The SMILES string of the molecule is CCn1c(SCC(=O)Nc2sc(C)c(-c3ccccc3)c2C(=O)OC)nnc1-c1ccc(OC2CCCC2)cc1. The Labute approximate surface area is 242 Å². The van der Waals surface area contributed by atoms with E-state index in [0.717, 1.165) is 46.0 Å². The molecule has 0 unspecified atom stereocenters. The fraction of sp³-hybridized carbons (Fsp3) is 0.333. The molecular weight excluding hydrogens is 544 g/mol. The average Bonchev–Trinajstić information content (AvgIpc) is 3.71. The number of carbonyl (C=O) groups excluding carboxylic acids is 2. The Morgan fingerprint density at radius 1 is 1.05 bits per heavy atom. The minimum atomic E-state index is -0.485. The average molecular weight is 577 g/mol. The highest BCUT2D eigenvalue weighted by Gasteiger charge is 2.25. The third-order valence-electron chi connectivity index (χ3n) is 6.87. The second kappa shape index (κ2) is 12.7. The Morgan fingerprint density at radius 3 is 2.45 bits per heavy atom. The summed E-state index contributed by atoms with van der Waals surface area (Å²) in [6.07, 6.45) is 5.00. The first kappa shape index (κ1) is 27.9. The molecule has 1 N–H and O–H groups in total. The van der Waals surface area contributed by atoms with Crippen molar-refractivity contribution in [3.05, 3.63) is 65.0 Å². The number of aryl methyl sites for hydroxylation is 1. The number of ether oxygens (including phenoxy) is 2. The highest BCUT2D eigenvalue weighted by atomic mass is 32.2. The van der Waals surface area contributed by atoms with Crippen LogP contribution in [-0.4, -0.2) is 45.6 Å². The summed E-state index contributed by atoms with van der Waals surface area (Å²) in [5.41, 5.74) is 2.98. The number of nitrogens with one attached hydrogen (secondary N) is 1.